The van der Waals surface area contributed by atoms with Crippen molar-refractivity contribution in [1.29, 1.82) is 0 Å². The maximum Gasteiger partial charge on any atom is 0.412 e. The Kier molecular flexibility index (Phi) is 12.8. The normalized spacial score (nSPS) is 16.4. The van der Waals surface area contributed by atoms with Crippen LogP contribution in [0.4, 0.5) is 4.79 Å². The first-order chi connectivity index (χ1) is 19.0. The monoisotopic (exact) mass is 597 g/mol. The van der Waals surface area contributed by atoms with Crippen molar-refractivity contribution in [3.63, 3.8) is 0 Å². The van der Waals surface area contributed by atoms with Gasteiger partial charge in [-0.05, 0) is 64.8 Å². The smallest absolute Gasteiger partial charge is 0.412 e. The minimum atomic E-state index is -0.673. The second-order valence-electron chi connectivity index (χ2n) is 10.8. The van der Waals surface area contributed by atoms with E-state index in [9.17, 15) is 24.0 Å². The van der Waals surface area contributed by atoms with E-state index in [4.69, 9.17) is 18.9 Å². The average Bonchev–Trinajstić information content (AvgIpc) is 2.93. The molecule has 2 aliphatic heterocycles. The number of likely N-dealkylation sites (tertiary alicyclic amines) is 1. The Morgan fingerprint density at radius 1 is 0.927 bits per heavy atom. The van der Waals surface area contributed by atoms with Crippen molar-refractivity contribution in [2.45, 2.75) is 46.6 Å². The third kappa shape index (κ3) is 10.2. The van der Waals surface area contributed by atoms with Crippen LogP contribution in [0, 0.1) is 5.41 Å². The van der Waals surface area contributed by atoms with Gasteiger partial charge < -0.3 is 28.7 Å². The highest BCUT2D eigenvalue weighted by Crippen LogP contribution is 2.20. The van der Waals surface area contributed by atoms with Crippen LogP contribution in [-0.4, -0.2) is 110 Å². The van der Waals surface area contributed by atoms with Crippen molar-refractivity contribution in [2.24, 2.45) is 5.41 Å². The summed E-state index contributed by atoms with van der Waals surface area (Å²) in [7, 11) is 0. The number of amides is 2. The number of halogens is 1. The van der Waals surface area contributed by atoms with Gasteiger partial charge in [0, 0.05) is 37.8 Å². The van der Waals surface area contributed by atoms with E-state index >= 15 is 0 Å². The molecule has 1 aromatic rings. The van der Waals surface area contributed by atoms with Crippen LogP contribution < -0.4 is 4.74 Å². The third-order valence-corrected chi connectivity index (χ3v) is 6.74. The zero-order valence-corrected chi connectivity index (χ0v) is 24.9. The van der Waals surface area contributed by atoms with Gasteiger partial charge in [0.15, 0.2) is 12.4 Å². The summed E-state index contributed by atoms with van der Waals surface area (Å²) < 4.78 is 20.2. The highest BCUT2D eigenvalue weighted by molar-refractivity contribution is 5.99. The van der Waals surface area contributed by atoms with Gasteiger partial charge in [0.05, 0.1) is 25.1 Å². The van der Waals surface area contributed by atoms with Crippen LogP contribution in [0.25, 0.3) is 0 Å². The van der Waals surface area contributed by atoms with Crippen LogP contribution in [-0.2, 0) is 28.6 Å². The number of hydrogen-bond acceptors (Lipinski definition) is 10. The molecule has 2 saturated heterocycles. The lowest BCUT2D eigenvalue weighted by Crippen LogP contribution is -2.56. The molecule has 0 aromatic heterocycles. The van der Waals surface area contributed by atoms with Crippen molar-refractivity contribution in [3.8, 4) is 5.75 Å². The standard InChI is InChI=1S/C28H39N3O9.ClH/c1-5-37-25(34)18-38-22-8-6-20(7-9-22)23(32)16-31-15-14-30(17-24(31)33)21-10-12-29(13-11-21)27(36)40-19-39-26(35)28(2,3)4;/h6-9,21H,5,10-19H2,1-4H3;1H. The zero-order chi connectivity index (χ0) is 29.3. The SMILES string of the molecule is CCOC(=O)COc1ccc(C(=O)CN2CCN(C3CCN(C(=O)OCOC(=O)C(C)(C)C)CC3)CC2=O)cc1.Cl. The molecule has 0 spiro atoms. The van der Waals surface area contributed by atoms with Crippen LogP contribution in [0.15, 0.2) is 24.3 Å². The maximum absolute atomic E-state index is 12.8. The Morgan fingerprint density at radius 2 is 1.59 bits per heavy atom. The van der Waals surface area contributed by atoms with E-state index in [0.717, 1.165) is 0 Å². The molecule has 2 amide bonds. The topological polar surface area (TPSA) is 132 Å². The Balaban J connectivity index is 0.00000588. The van der Waals surface area contributed by atoms with Crippen molar-refractivity contribution in [1.82, 2.24) is 14.7 Å². The number of piperidine rings is 1. The van der Waals surface area contributed by atoms with Crippen molar-refractivity contribution < 1.29 is 42.9 Å². The molecule has 41 heavy (non-hydrogen) atoms. The van der Waals surface area contributed by atoms with Gasteiger partial charge in [-0.2, -0.15) is 0 Å². The summed E-state index contributed by atoms with van der Waals surface area (Å²) in [5, 5.41) is 0. The summed E-state index contributed by atoms with van der Waals surface area (Å²) >= 11 is 0. The number of nitrogens with zero attached hydrogens (tertiary/aromatic N) is 3. The van der Waals surface area contributed by atoms with E-state index in [2.05, 4.69) is 4.90 Å². The number of ether oxygens (including phenoxy) is 4. The molecule has 2 fully saturated rings. The summed E-state index contributed by atoms with van der Waals surface area (Å²) in [4.78, 5) is 66.4. The van der Waals surface area contributed by atoms with E-state index in [-0.39, 0.29) is 56.4 Å². The fourth-order valence-electron chi connectivity index (χ4n) is 4.41. The number of Topliss-reactive ketones (excluding diaryl/α,β-unsaturated/α-hetero) is 1. The van der Waals surface area contributed by atoms with Gasteiger partial charge in [0.25, 0.3) is 0 Å². The predicted molar refractivity (Wildman–Crippen MR) is 150 cm³/mol. The molecular formula is C28H40ClN3O9. The molecule has 2 aliphatic rings. The highest BCUT2D eigenvalue weighted by atomic mass is 35.5. The third-order valence-electron chi connectivity index (χ3n) is 6.74. The van der Waals surface area contributed by atoms with Gasteiger partial charge in [0.2, 0.25) is 12.7 Å². The first-order valence-corrected chi connectivity index (χ1v) is 13.5. The predicted octanol–water partition coefficient (Wildman–Crippen LogP) is 2.53. The number of carbonyl (C=O) groups excluding carboxylic acids is 5. The molecule has 0 unspecified atom stereocenters. The van der Waals surface area contributed by atoms with Gasteiger partial charge in [-0.3, -0.25) is 19.3 Å². The molecular weight excluding hydrogens is 558 g/mol. The molecule has 3 rings (SSSR count). The minimum absolute atomic E-state index is 0. The Bertz CT molecular complexity index is 1070. The lowest BCUT2D eigenvalue weighted by atomic mass is 9.98. The molecule has 2 heterocycles. The first-order valence-electron chi connectivity index (χ1n) is 13.5. The van der Waals surface area contributed by atoms with E-state index < -0.39 is 30.2 Å². The minimum Gasteiger partial charge on any atom is -0.482 e. The fourth-order valence-corrected chi connectivity index (χ4v) is 4.41. The highest BCUT2D eigenvalue weighted by Gasteiger charge is 2.33. The second kappa shape index (κ2) is 15.6. The molecule has 1 aromatic carbocycles. The summed E-state index contributed by atoms with van der Waals surface area (Å²) in [6.07, 6.45) is 0.847. The number of rotatable bonds is 10. The van der Waals surface area contributed by atoms with Crippen LogP contribution in [0.3, 0.4) is 0 Å². The number of benzene rings is 1. The summed E-state index contributed by atoms with van der Waals surface area (Å²) in [6.45, 7) is 8.74. The summed E-state index contributed by atoms with van der Waals surface area (Å²) in [5.41, 5.74) is -0.223. The van der Waals surface area contributed by atoms with Crippen LogP contribution in [0.1, 0.15) is 50.9 Å². The van der Waals surface area contributed by atoms with Gasteiger partial charge in [-0.1, -0.05) is 0 Å². The first kappa shape index (κ1) is 33.8. The van der Waals surface area contributed by atoms with Crippen molar-refractivity contribution in [2.75, 3.05) is 59.3 Å². The Hall–Kier alpha value is -3.38. The van der Waals surface area contributed by atoms with Gasteiger partial charge >= 0.3 is 18.0 Å². The largest absolute Gasteiger partial charge is 0.482 e. The van der Waals surface area contributed by atoms with E-state index in [1.165, 1.54) is 0 Å². The van der Waals surface area contributed by atoms with E-state index in [0.29, 0.717) is 50.3 Å². The fraction of sp³-hybridized carbons (Fsp3) is 0.607. The van der Waals surface area contributed by atoms with Crippen molar-refractivity contribution >= 4 is 42.1 Å². The summed E-state index contributed by atoms with van der Waals surface area (Å²) in [5.74, 6) is -0.767. The number of carbonyl (C=O) groups is 5. The van der Waals surface area contributed by atoms with Crippen LogP contribution in [0.5, 0.6) is 5.75 Å². The molecule has 0 aliphatic carbocycles. The molecule has 0 N–H and O–H groups in total. The molecule has 13 heteroatoms. The zero-order valence-electron chi connectivity index (χ0n) is 24.1. The Labute approximate surface area is 246 Å². The molecule has 228 valence electrons. The number of hydrogen-bond donors (Lipinski definition) is 0. The number of esters is 2. The van der Waals surface area contributed by atoms with E-state index in [1.807, 2.05) is 0 Å². The molecule has 12 nitrogen and oxygen atoms in total. The van der Waals surface area contributed by atoms with Gasteiger partial charge in [-0.25, -0.2) is 9.59 Å². The lowest BCUT2D eigenvalue weighted by molar-refractivity contribution is -0.162. The van der Waals surface area contributed by atoms with Gasteiger partial charge in [0.1, 0.15) is 5.75 Å². The maximum atomic E-state index is 12.8. The number of ketones is 1. The lowest BCUT2D eigenvalue weighted by Gasteiger charge is -2.41. The quantitative estimate of drug-likeness (QED) is 0.225. The number of piperazine rings is 1. The molecule has 0 atom stereocenters. The molecule has 0 bridgehead atoms. The Morgan fingerprint density at radius 3 is 2.17 bits per heavy atom. The van der Waals surface area contributed by atoms with Gasteiger partial charge in [-0.15, -0.1) is 12.4 Å². The van der Waals surface area contributed by atoms with E-state index in [1.54, 1.807) is 61.8 Å². The van der Waals surface area contributed by atoms with Crippen LogP contribution >= 0.6 is 12.4 Å². The molecule has 0 radical (unpaired) electrons. The second-order valence-corrected chi connectivity index (χ2v) is 10.8. The summed E-state index contributed by atoms with van der Waals surface area (Å²) in [6, 6.07) is 6.57. The molecule has 0 saturated carbocycles. The van der Waals surface area contributed by atoms with Crippen LogP contribution in [0.2, 0.25) is 0 Å². The van der Waals surface area contributed by atoms with Crippen molar-refractivity contribution in [3.05, 3.63) is 29.8 Å². The average molecular weight is 598 g/mol.